The average molecular weight is 266 g/mol. The van der Waals surface area contributed by atoms with Crippen LogP contribution in [0.1, 0.15) is 59.3 Å². The summed E-state index contributed by atoms with van der Waals surface area (Å²) < 4.78 is 5.87. The third-order valence-corrected chi connectivity index (χ3v) is 6.43. The topological polar surface area (TPSA) is 47.3 Å². The molecule has 0 aromatic heterocycles. The summed E-state index contributed by atoms with van der Waals surface area (Å²) in [5.41, 5.74) is 7.12. The van der Waals surface area contributed by atoms with Gasteiger partial charge in [0.1, 0.15) is 0 Å². The smallest absolute Gasteiger partial charge is 0.0691 e. The molecule has 1 saturated heterocycles. The Bertz CT molecular complexity index is 349. The summed E-state index contributed by atoms with van der Waals surface area (Å²) in [6, 6.07) is 0. The third kappa shape index (κ3) is 1.97. The van der Waals surface area contributed by atoms with Gasteiger partial charge in [0.15, 0.2) is 0 Å². The predicted molar refractivity (Wildman–Crippen MR) is 78.0 cm³/mol. The minimum Gasteiger partial charge on any atom is -0.377 e. The van der Waals surface area contributed by atoms with Crippen LogP contribution in [0.3, 0.4) is 0 Å². The molecule has 0 spiro atoms. The van der Waals surface area contributed by atoms with Gasteiger partial charge in [0.2, 0.25) is 0 Å². The molecular weight excluding hydrogens is 236 g/mol. The zero-order valence-electron chi connectivity index (χ0n) is 12.8. The summed E-state index contributed by atoms with van der Waals surface area (Å²) in [5, 5.41) is 3.83. The number of rotatable bonds is 3. The second-order valence-corrected chi connectivity index (χ2v) is 7.92. The molecule has 2 saturated carbocycles. The van der Waals surface area contributed by atoms with Crippen molar-refractivity contribution < 1.29 is 4.74 Å². The number of ether oxygens (including phenoxy) is 1. The van der Waals surface area contributed by atoms with Crippen molar-refractivity contribution in [3.8, 4) is 0 Å². The third-order valence-electron chi connectivity index (χ3n) is 6.43. The van der Waals surface area contributed by atoms with E-state index in [0.717, 1.165) is 19.6 Å². The van der Waals surface area contributed by atoms with Crippen molar-refractivity contribution in [2.24, 2.45) is 17.1 Å². The zero-order valence-corrected chi connectivity index (χ0v) is 12.8. The van der Waals surface area contributed by atoms with Crippen LogP contribution in [0.4, 0.5) is 0 Å². The Labute approximate surface area is 117 Å². The Kier molecular flexibility index (Phi) is 3.23. The lowest BCUT2D eigenvalue weighted by atomic mass is 9.48. The number of hydrogen-bond donors (Lipinski definition) is 2. The molecule has 3 unspecified atom stereocenters. The lowest BCUT2D eigenvalue weighted by Crippen LogP contribution is -2.78. The van der Waals surface area contributed by atoms with Gasteiger partial charge in [-0.3, -0.25) is 0 Å². The van der Waals surface area contributed by atoms with E-state index in [1.807, 2.05) is 0 Å². The van der Waals surface area contributed by atoms with Crippen LogP contribution in [0.15, 0.2) is 0 Å². The van der Waals surface area contributed by atoms with Crippen molar-refractivity contribution in [1.29, 1.82) is 0 Å². The Morgan fingerprint density at radius 3 is 2.53 bits per heavy atom. The van der Waals surface area contributed by atoms with E-state index in [-0.39, 0.29) is 11.0 Å². The average Bonchev–Trinajstić information content (AvgIpc) is 2.85. The Morgan fingerprint density at radius 1 is 1.16 bits per heavy atom. The van der Waals surface area contributed by atoms with Crippen molar-refractivity contribution in [2.75, 3.05) is 13.2 Å². The van der Waals surface area contributed by atoms with Gasteiger partial charge in [-0.2, -0.15) is 0 Å². The van der Waals surface area contributed by atoms with Crippen molar-refractivity contribution >= 4 is 0 Å². The van der Waals surface area contributed by atoms with Crippen LogP contribution in [0.2, 0.25) is 0 Å². The number of hydrogen-bond acceptors (Lipinski definition) is 3. The van der Waals surface area contributed by atoms with Crippen molar-refractivity contribution in [2.45, 2.75) is 76.5 Å². The molecule has 19 heavy (non-hydrogen) atoms. The van der Waals surface area contributed by atoms with Crippen molar-refractivity contribution in [1.82, 2.24) is 5.32 Å². The van der Waals surface area contributed by atoms with Gasteiger partial charge in [0.25, 0.3) is 0 Å². The van der Waals surface area contributed by atoms with Crippen LogP contribution < -0.4 is 11.1 Å². The molecule has 0 amide bonds. The van der Waals surface area contributed by atoms with Crippen molar-refractivity contribution in [3.63, 3.8) is 0 Å². The molecule has 3 nitrogen and oxygen atoms in total. The van der Waals surface area contributed by atoms with E-state index in [0.29, 0.717) is 17.6 Å². The summed E-state index contributed by atoms with van der Waals surface area (Å²) in [4.78, 5) is 0. The molecule has 0 aromatic carbocycles. The summed E-state index contributed by atoms with van der Waals surface area (Å²) in [5.74, 6) is 0.558. The quantitative estimate of drug-likeness (QED) is 0.825. The minimum atomic E-state index is -0.0887. The molecule has 1 heterocycles. The molecule has 3 N–H and O–H groups in total. The normalized spacial score (nSPS) is 43.6. The molecule has 1 aliphatic heterocycles. The Morgan fingerprint density at radius 2 is 1.84 bits per heavy atom. The monoisotopic (exact) mass is 266 g/mol. The summed E-state index contributed by atoms with van der Waals surface area (Å²) in [7, 11) is 0. The maximum Gasteiger partial charge on any atom is 0.0691 e. The number of nitrogens with two attached hydrogens (primary N) is 1. The predicted octanol–water partition coefficient (Wildman–Crippen LogP) is 2.44. The van der Waals surface area contributed by atoms with Crippen LogP contribution >= 0.6 is 0 Å². The van der Waals surface area contributed by atoms with E-state index < -0.39 is 0 Å². The molecule has 3 heteroatoms. The Balaban J connectivity index is 1.65. The Hall–Kier alpha value is -0.120. The summed E-state index contributed by atoms with van der Waals surface area (Å²) in [6.07, 6.45) is 8.25. The second-order valence-electron chi connectivity index (χ2n) is 7.92. The standard InChI is InChI=1S/C16H30N2O/c1-14(2)13-12(7-10-19-13)16(14,17)11-18-15(3)8-5-4-6-9-15/h12-13,18H,4-11,17H2,1-3H3. The van der Waals surface area contributed by atoms with E-state index in [4.69, 9.17) is 10.5 Å². The molecule has 3 fully saturated rings. The molecule has 2 aliphatic carbocycles. The van der Waals surface area contributed by atoms with Gasteiger partial charge in [-0.15, -0.1) is 0 Å². The molecule has 110 valence electrons. The van der Waals surface area contributed by atoms with Crippen LogP contribution in [0.5, 0.6) is 0 Å². The SMILES string of the molecule is CC1(NCC2(N)C3CCOC3C2(C)C)CCCCC1. The van der Waals surface area contributed by atoms with Gasteiger partial charge in [-0.1, -0.05) is 33.1 Å². The van der Waals surface area contributed by atoms with Gasteiger partial charge in [-0.05, 0) is 26.2 Å². The van der Waals surface area contributed by atoms with Gasteiger partial charge in [0, 0.05) is 35.6 Å². The first kappa shape index (κ1) is 13.8. The number of fused-ring (bicyclic) bond motifs is 1. The first-order valence-corrected chi connectivity index (χ1v) is 8.05. The minimum absolute atomic E-state index is 0.0887. The van der Waals surface area contributed by atoms with Crippen LogP contribution in [0, 0.1) is 11.3 Å². The highest BCUT2D eigenvalue weighted by Crippen LogP contribution is 2.57. The summed E-state index contributed by atoms with van der Waals surface area (Å²) >= 11 is 0. The maximum absolute atomic E-state index is 6.80. The molecule has 0 bridgehead atoms. The molecule has 3 rings (SSSR count). The van der Waals surface area contributed by atoms with Gasteiger partial charge < -0.3 is 15.8 Å². The molecular formula is C16H30N2O. The van der Waals surface area contributed by atoms with E-state index in [1.54, 1.807) is 0 Å². The van der Waals surface area contributed by atoms with E-state index >= 15 is 0 Å². The van der Waals surface area contributed by atoms with Gasteiger partial charge in [-0.25, -0.2) is 0 Å². The van der Waals surface area contributed by atoms with Crippen LogP contribution in [0.25, 0.3) is 0 Å². The van der Waals surface area contributed by atoms with Crippen molar-refractivity contribution in [3.05, 3.63) is 0 Å². The molecule has 3 atom stereocenters. The highest BCUT2D eigenvalue weighted by Gasteiger charge is 2.67. The van der Waals surface area contributed by atoms with Crippen LogP contribution in [-0.4, -0.2) is 30.3 Å². The van der Waals surface area contributed by atoms with E-state index in [1.165, 1.54) is 32.1 Å². The molecule has 0 radical (unpaired) electrons. The molecule has 3 aliphatic rings. The summed E-state index contributed by atoms with van der Waals surface area (Å²) in [6.45, 7) is 8.79. The van der Waals surface area contributed by atoms with Gasteiger partial charge >= 0.3 is 0 Å². The lowest BCUT2D eigenvalue weighted by Gasteiger charge is -2.63. The zero-order chi connectivity index (χ0) is 13.7. The van der Waals surface area contributed by atoms with E-state index in [2.05, 4.69) is 26.1 Å². The highest BCUT2D eigenvalue weighted by atomic mass is 16.5. The first-order valence-electron chi connectivity index (χ1n) is 8.05. The largest absolute Gasteiger partial charge is 0.377 e. The fourth-order valence-electron chi connectivity index (χ4n) is 4.70. The number of nitrogens with one attached hydrogen (secondary N) is 1. The fraction of sp³-hybridized carbons (Fsp3) is 1.00. The maximum atomic E-state index is 6.80. The fourth-order valence-corrected chi connectivity index (χ4v) is 4.70. The first-order chi connectivity index (χ1) is 8.89. The lowest BCUT2D eigenvalue weighted by molar-refractivity contribution is -0.155. The highest BCUT2D eigenvalue weighted by molar-refractivity contribution is 5.21. The molecule has 0 aromatic rings. The second kappa shape index (κ2) is 4.44. The van der Waals surface area contributed by atoms with Crippen LogP contribution in [-0.2, 0) is 4.74 Å². The van der Waals surface area contributed by atoms with Gasteiger partial charge in [0.05, 0.1) is 6.10 Å². The van der Waals surface area contributed by atoms with E-state index in [9.17, 15) is 0 Å².